The maximum absolute atomic E-state index is 9.41. The van der Waals surface area contributed by atoms with Crippen molar-refractivity contribution in [1.82, 2.24) is 15.0 Å². The van der Waals surface area contributed by atoms with Crippen molar-refractivity contribution < 1.29 is 0 Å². The second-order valence-corrected chi connectivity index (χ2v) is 5.88. The molecule has 1 aliphatic rings. The van der Waals surface area contributed by atoms with Crippen LogP contribution in [-0.4, -0.2) is 27.6 Å². The molecule has 2 aromatic rings. The van der Waals surface area contributed by atoms with E-state index in [1.165, 1.54) is 11.2 Å². The normalized spacial score (nSPS) is 18.2. The molecule has 3 rings (SSSR count). The molecular weight excluding hydrogens is 298 g/mol. The zero-order valence-corrected chi connectivity index (χ0v) is 13.3. The lowest BCUT2D eigenvalue weighted by Crippen LogP contribution is -2.39. The number of rotatable bonds is 3. The Balaban J connectivity index is 2.02. The van der Waals surface area contributed by atoms with E-state index >= 15 is 0 Å². The van der Waals surface area contributed by atoms with Crippen LogP contribution in [0.2, 0.25) is 5.02 Å². The van der Waals surface area contributed by atoms with Crippen LogP contribution in [0, 0.1) is 11.3 Å². The summed E-state index contributed by atoms with van der Waals surface area (Å²) in [6.45, 7) is 3.10. The zero-order chi connectivity index (χ0) is 15.5. The standard InChI is InChI=1S/C16H18ClN5/c1-2-12-7-5-6-10-21(12)16-14(11-18)19-22(20-16)15-9-4-3-8-13(15)17/h3-4,8-9,12H,2,5-7,10H2,1H3/t12-/m1/s1. The quantitative estimate of drug-likeness (QED) is 0.869. The largest absolute Gasteiger partial charge is 0.350 e. The van der Waals surface area contributed by atoms with Crippen LogP contribution in [0.4, 0.5) is 5.82 Å². The first-order valence-corrected chi connectivity index (χ1v) is 8.01. The van der Waals surface area contributed by atoms with Gasteiger partial charge in [0.1, 0.15) is 11.8 Å². The Morgan fingerprint density at radius 2 is 2.14 bits per heavy atom. The van der Waals surface area contributed by atoms with E-state index in [2.05, 4.69) is 28.1 Å². The number of para-hydroxylation sites is 1. The van der Waals surface area contributed by atoms with Gasteiger partial charge in [0.2, 0.25) is 5.69 Å². The molecule has 22 heavy (non-hydrogen) atoms. The molecule has 0 saturated carbocycles. The summed E-state index contributed by atoms with van der Waals surface area (Å²) in [6.07, 6.45) is 4.54. The van der Waals surface area contributed by atoms with Crippen molar-refractivity contribution in [3.05, 3.63) is 35.0 Å². The Bertz CT molecular complexity index is 703. The summed E-state index contributed by atoms with van der Waals surface area (Å²) >= 11 is 6.21. The fourth-order valence-corrected chi connectivity index (χ4v) is 3.20. The van der Waals surface area contributed by atoms with Gasteiger partial charge < -0.3 is 4.90 Å². The molecule has 0 bridgehead atoms. The van der Waals surface area contributed by atoms with Crippen LogP contribution in [0.5, 0.6) is 0 Å². The molecule has 5 nitrogen and oxygen atoms in total. The van der Waals surface area contributed by atoms with Crippen LogP contribution in [0.25, 0.3) is 5.69 Å². The van der Waals surface area contributed by atoms with Crippen molar-refractivity contribution in [3.63, 3.8) is 0 Å². The molecule has 0 unspecified atom stereocenters. The number of aromatic nitrogens is 3. The highest BCUT2D eigenvalue weighted by Crippen LogP contribution is 2.28. The van der Waals surface area contributed by atoms with E-state index in [1.54, 1.807) is 6.07 Å². The number of halogens is 1. The van der Waals surface area contributed by atoms with Gasteiger partial charge in [-0.1, -0.05) is 30.7 Å². The Morgan fingerprint density at radius 3 is 2.86 bits per heavy atom. The summed E-state index contributed by atoms with van der Waals surface area (Å²) in [5.74, 6) is 0.675. The predicted octanol–water partition coefficient (Wildman–Crippen LogP) is 3.56. The van der Waals surface area contributed by atoms with Gasteiger partial charge in [-0.15, -0.1) is 15.0 Å². The van der Waals surface area contributed by atoms with Crippen LogP contribution < -0.4 is 4.90 Å². The Kier molecular flexibility index (Phi) is 4.30. The number of nitriles is 1. The fraction of sp³-hybridized carbons (Fsp3) is 0.438. The molecule has 114 valence electrons. The maximum atomic E-state index is 9.41. The zero-order valence-electron chi connectivity index (χ0n) is 12.5. The summed E-state index contributed by atoms with van der Waals surface area (Å²) in [4.78, 5) is 3.69. The molecule has 1 fully saturated rings. The van der Waals surface area contributed by atoms with E-state index in [0.29, 0.717) is 28.3 Å². The van der Waals surface area contributed by atoms with Crippen molar-refractivity contribution in [2.24, 2.45) is 0 Å². The highest BCUT2D eigenvalue weighted by Gasteiger charge is 2.27. The van der Waals surface area contributed by atoms with Gasteiger partial charge in [-0.2, -0.15) is 5.26 Å². The minimum atomic E-state index is 0.361. The van der Waals surface area contributed by atoms with Gasteiger partial charge in [0.25, 0.3) is 0 Å². The summed E-state index contributed by atoms with van der Waals surface area (Å²) in [7, 11) is 0. The van der Waals surface area contributed by atoms with Gasteiger partial charge in [-0.05, 0) is 37.8 Å². The molecule has 0 N–H and O–H groups in total. The van der Waals surface area contributed by atoms with Crippen molar-refractivity contribution in [1.29, 1.82) is 5.26 Å². The topological polar surface area (TPSA) is 57.7 Å². The number of benzene rings is 1. The minimum Gasteiger partial charge on any atom is -0.350 e. The summed E-state index contributed by atoms with van der Waals surface area (Å²) in [6, 6.07) is 9.98. The maximum Gasteiger partial charge on any atom is 0.207 e. The third kappa shape index (κ3) is 2.67. The number of piperidine rings is 1. The molecule has 1 aliphatic heterocycles. The monoisotopic (exact) mass is 315 g/mol. The van der Waals surface area contributed by atoms with E-state index in [4.69, 9.17) is 11.6 Å². The number of anilines is 1. The first-order valence-electron chi connectivity index (χ1n) is 7.63. The third-order valence-electron chi connectivity index (χ3n) is 4.14. The molecule has 0 radical (unpaired) electrons. The first kappa shape index (κ1) is 14.9. The summed E-state index contributed by atoms with van der Waals surface area (Å²) in [5.41, 5.74) is 1.05. The van der Waals surface area contributed by atoms with Gasteiger partial charge in [0, 0.05) is 12.6 Å². The molecule has 0 spiro atoms. The molecule has 2 heterocycles. The molecule has 6 heteroatoms. The summed E-state index contributed by atoms with van der Waals surface area (Å²) in [5, 5.41) is 18.9. The summed E-state index contributed by atoms with van der Waals surface area (Å²) < 4.78 is 0. The van der Waals surface area contributed by atoms with Crippen molar-refractivity contribution in [3.8, 4) is 11.8 Å². The number of hydrogen-bond donors (Lipinski definition) is 0. The molecule has 1 aromatic heterocycles. The Labute approximate surface area is 135 Å². The van der Waals surface area contributed by atoms with E-state index in [1.807, 2.05) is 18.2 Å². The fourth-order valence-electron chi connectivity index (χ4n) is 2.99. The van der Waals surface area contributed by atoms with Gasteiger partial charge in [-0.3, -0.25) is 0 Å². The SMILES string of the molecule is CC[C@@H]1CCCCN1c1nn(-c2ccccc2Cl)nc1C#N. The van der Waals surface area contributed by atoms with E-state index in [-0.39, 0.29) is 0 Å². The van der Waals surface area contributed by atoms with E-state index < -0.39 is 0 Å². The van der Waals surface area contributed by atoms with Crippen molar-refractivity contribution in [2.45, 2.75) is 38.6 Å². The number of nitrogens with zero attached hydrogens (tertiary/aromatic N) is 5. The highest BCUT2D eigenvalue weighted by molar-refractivity contribution is 6.32. The Morgan fingerprint density at radius 1 is 1.32 bits per heavy atom. The van der Waals surface area contributed by atoms with Crippen LogP contribution in [0.1, 0.15) is 38.3 Å². The van der Waals surface area contributed by atoms with Gasteiger partial charge in [0.05, 0.1) is 5.02 Å². The number of hydrogen-bond acceptors (Lipinski definition) is 4. The van der Waals surface area contributed by atoms with Crippen LogP contribution in [0.15, 0.2) is 24.3 Å². The second kappa shape index (κ2) is 6.37. The molecule has 0 amide bonds. The molecular formula is C16H18ClN5. The lowest BCUT2D eigenvalue weighted by molar-refractivity contribution is 0.446. The molecule has 1 atom stereocenters. The minimum absolute atomic E-state index is 0.361. The average Bonchev–Trinajstić information content (AvgIpc) is 2.99. The smallest absolute Gasteiger partial charge is 0.207 e. The lowest BCUT2D eigenvalue weighted by atomic mass is 10.00. The Hall–Kier alpha value is -2.06. The van der Waals surface area contributed by atoms with Crippen LogP contribution in [0.3, 0.4) is 0 Å². The highest BCUT2D eigenvalue weighted by atomic mass is 35.5. The lowest BCUT2D eigenvalue weighted by Gasteiger charge is -2.35. The molecule has 1 saturated heterocycles. The molecule has 1 aromatic carbocycles. The van der Waals surface area contributed by atoms with Crippen molar-refractivity contribution in [2.75, 3.05) is 11.4 Å². The average molecular weight is 316 g/mol. The van der Waals surface area contributed by atoms with Crippen molar-refractivity contribution >= 4 is 17.4 Å². The second-order valence-electron chi connectivity index (χ2n) is 5.48. The van der Waals surface area contributed by atoms with E-state index in [9.17, 15) is 5.26 Å². The van der Waals surface area contributed by atoms with Gasteiger partial charge in [-0.25, -0.2) is 0 Å². The predicted molar refractivity (Wildman–Crippen MR) is 86.4 cm³/mol. The van der Waals surface area contributed by atoms with E-state index in [0.717, 1.165) is 25.8 Å². The van der Waals surface area contributed by atoms with Crippen LogP contribution >= 0.6 is 11.6 Å². The van der Waals surface area contributed by atoms with Crippen LogP contribution in [-0.2, 0) is 0 Å². The molecule has 0 aliphatic carbocycles. The van der Waals surface area contributed by atoms with Gasteiger partial charge >= 0.3 is 0 Å². The van der Waals surface area contributed by atoms with Gasteiger partial charge in [0.15, 0.2) is 5.82 Å². The third-order valence-corrected chi connectivity index (χ3v) is 4.46. The first-order chi connectivity index (χ1) is 10.7.